The van der Waals surface area contributed by atoms with Gasteiger partial charge in [-0.1, -0.05) is 44.0 Å². The monoisotopic (exact) mass is 612 g/mol. The highest BCUT2D eigenvalue weighted by Gasteiger charge is 2.25. The number of hydrogen-bond acceptors (Lipinski definition) is 6. The number of nitrogens with zero attached hydrogens (tertiary/aromatic N) is 4. The highest BCUT2D eigenvalue weighted by Crippen LogP contribution is 2.37. The Kier molecular flexibility index (Phi) is 8.01. The van der Waals surface area contributed by atoms with Crippen molar-refractivity contribution in [2.75, 3.05) is 12.5 Å². The van der Waals surface area contributed by atoms with Crippen molar-refractivity contribution in [3.63, 3.8) is 0 Å². The van der Waals surface area contributed by atoms with Gasteiger partial charge in [-0.2, -0.15) is 10.2 Å². The molecule has 4 rings (SSSR count). The van der Waals surface area contributed by atoms with Crippen LogP contribution in [0.5, 0.6) is 0 Å². The maximum atomic E-state index is 15.6. The first-order valence-corrected chi connectivity index (χ1v) is 16.4. The molecule has 0 bridgehead atoms. The Bertz CT molecular complexity index is 1780. The lowest BCUT2D eigenvalue weighted by atomic mass is 9.88. The molecule has 4 aromatic rings. The van der Waals surface area contributed by atoms with Crippen LogP contribution in [0.4, 0.5) is 4.39 Å². The van der Waals surface area contributed by atoms with Gasteiger partial charge in [0.2, 0.25) is 0 Å². The lowest BCUT2D eigenvalue weighted by Crippen LogP contribution is -2.12. The molecule has 0 aliphatic carbocycles. The second-order valence-corrected chi connectivity index (χ2v) is 14.7. The molecule has 8 nitrogen and oxygen atoms in total. The standard InChI is InChI=1S/C26H27Cl2FN4O4S2/c1-15(2)21-10-18(27)9-17(26(21)33-14-20(12-31-33)39(5,36)37)8-16(3)24-23(7-6-22(28)25(24)29)32-13-19(11-30-32)38(4,34)35/h6-7,9-16H,8H2,1-5H3. The molecular weight excluding hydrogens is 586 g/mol. The van der Waals surface area contributed by atoms with Gasteiger partial charge in [0.25, 0.3) is 0 Å². The first-order valence-electron chi connectivity index (χ1n) is 11.9. The predicted molar refractivity (Wildman–Crippen MR) is 150 cm³/mol. The molecule has 0 radical (unpaired) electrons. The van der Waals surface area contributed by atoms with Crippen molar-refractivity contribution in [1.82, 2.24) is 19.6 Å². The minimum Gasteiger partial charge on any atom is -0.239 e. The summed E-state index contributed by atoms with van der Waals surface area (Å²) in [5.74, 6) is -1.13. The van der Waals surface area contributed by atoms with E-state index in [1.165, 1.54) is 40.2 Å². The van der Waals surface area contributed by atoms with E-state index < -0.39 is 31.4 Å². The van der Waals surface area contributed by atoms with E-state index in [9.17, 15) is 16.8 Å². The van der Waals surface area contributed by atoms with Gasteiger partial charge in [0, 0.05) is 35.5 Å². The topological polar surface area (TPSA) is 104 Å². The van der Waals surface area contributed by atoms with Gasteiger partial charge in [-0.05, 0) is 53.6 Å². The number of aromatic nitrogens is 4. The Hall–Kier alpha value is -2.73. The van der Waals surface area contributed by atoms with Gasteiger partial charge >= 0.3 is 0 Å². The second kappa shape index (κ2) is 10.7. The fourth-order valence-electron chi connectivity index (χ4n) is 4.46. The maximum Gasteiger partial charge on any atom is 0.178 e. The molecular formula is C26H27Cl2FN4O4S2. The van der Waals surface area contributed by atoms with Crippen molar-refractivity contribution in [3.8, 4) is 11.4 Å². The molecule has 1 atom stereocenters. The maximum absolute atomic E-state index is 15.6. The summed E-state index contributed by atoms with van der Waals surface area (Å²) < 4.78 is 66.7. The summed E-state index contributed by atoms with van der Waals surface area (Å²) in [4.78, 5) is 0.0604. The number of hydrogen-bond donors (Lipinski definition) is 0. The van der Waals surface area contributed by atoms with Crippen LogP contribution in [0.3, 0.4) is 0 Å². The third kappa shape index (κ3) is 6.06. The largest absolute Gasteiger partial charge is 0.239 e. The molecule has 0 N–H and O–H groups in total. The SMILES string of the molecule is CC(C)c1cc(Cl)cc(CC(C)c2c(-n3cc(S(C)(=O)=O)cn3)ccc(Cl)c2F)c1-n1cc(S(C)(=O)=O)cn1. The van der Waals surface area contributed by atoms with E-state index in [1.54, 1.807) is 18.2 Å². The molecule has 1 unspecified atom stereocenters. The number of sulfone groups is 2. The van der Waals surface area contributed by atoms with E-state index >= 15 is 4.39 Å². The highest BCUT2D eigenvalue weighted by atomic mass is 35.5. The summed E-state index contributed by atoms with van der Waals surface area (Å²) in [6.07, 6.45) is 7.71. The highest BCUT2D eigenvalue weighted by molar-refractivity contribution is 7.91. The van der Waals surface area contributed by atoms with Crippen LogP contribution in [-0.2, 0) is 26.1 Å². The summed E-state index contributed by atoms with van der Waals surface area (Å²) in [6, 6.07) is 6.53. The Balaban J connectivity index is 1.87. The van der Waals surface area contributed by atoms with Crippen LogP contribution < -0.4 is 0 Å². The lowest BCUT2D eigenvalue weighted by molar-refractivity contribution is 0.582. The average molecular weight is 614 g/mol. The first-order chi connectivity index (χ1) is 18.1. The third-order valence-electron chi connectivity index (χ3n) is 6.38. The number of halogens is 3. The van der Waals surface area contributed by atoms with Crippen LogP contribution in [0.1, 0.15) is 49.3 Å². The van der Waals surface area contributed by atoms with Gasteiger partial charge in [0.05, 0.1) is 28.8 Å². The summed E-state index contributed by atoms with van der Waals surface area (Å²) in [5.41, 5.74) is 2.78. The normalized spacial score (nSPS) is 13.3. The van der Waals surface area contributed by atoms with Crippen molar-refractivity contribution in [2.45, 2.75) is 48.8 Å². The molecule has 2 aromatic heterocycles. The predicted octanol–water partition coefficient (Wildman–Crippen LogP) is 5.78. The fourth-order valence-corrected chi connectivity index (χ4v) is 5.93. The fraction of sp³-hybridized carbons (Fsp3) is 0.308. The third-order valence-corrected chi connectivity index (χ3v) is 9.03. The van der Waals surface area contributed by atoms with E-state index in [1.807, 2.05) is 20.8 Å². The van der Waals surface area contributed by atoms with Crippen molar-refractivity contribution in [3.05, 3.63) is 81.6 Å². The Morgan fingerprint density at radius 2 is 1.46 bits per heavy atom. The Morgan fingerprint density at radius 3 is 2.00 bits per heavy atom. The smallest absolute Gasteiger partial charge is 0.178 e. The van der Waals surface area contributed by atoms with Crippen LogP contribution >= 0.6 is 23.2 Å². The molecule has 0 aliphatic heterocycles. The van der Waals surface area contributed by atoms with Gasteiger partial charge in [0.15, 0.2) is 19.7 Å². The van der Waals surface area contributed by atoms with E-state index in [-0.39, 0.29) is 32.7 Å². The lowest BCUT2D eigenvalue weighted by Gasteiger charge is -2.22. The zero-order chi connectivity index (χ0) is 28.9. The minimum absolute atomic E-state index is 0.00414. The Labute approximate surface area is 237 Å². The molecule has 0 fully saturated rings. The van der Waals surface area contributed by atoms with Crippen LogP contribution in [-0.4, -0.2) is 48.9 Å². The zero-order valence-electron chi connectivity index (χ0n) is 21.9. The summed E-state index contributed by atoms with van der Waals surface area (Å²) in [5, 5.41) is 8.85. The molecule has 0 aliphatic rings. The first kappa shape index (κ1) is 29.3. The van der Waals surface area contributed by atoms with E-state index in [0.717, 1.165) is 18.1 Å². The number of rotatable bonds is 8. The summed E-state index contributed by atoms with van der Waals surface area (Å²) in [7, 11) is -7.01. The van der Waals surface area contributed by atoms with Crippen LogP contribution in [0, 0.1) is 5.82 Å². The van der Waals surface area contributed by atoms with Gasteiger partial charge in [-0.3, -0.25) is 0 Å². The van der Waals surface area contributed by atoms with Gasteiger partial charge in [0.1, 0.15) is 15.6 Å². The molecule has 0 saturated carbocycles. The molecule has 13 heteroatoms. The summed E-state index contributed by atoms with van der Waals surface area (Å²) >= 11 is 12.7. The van der Waals surface area contributed by atoms with Crippen molar-refractivity contribution >= 4 is 42.9 Å². The molecule has 2 aromatic carbocycles. The van der Waals surface area contributed by atoms with Crippen LogP contribution in [0.15, 0.2) is 58.8 Å². The van der Waals surface area contributed by atoms with Crippen molar-refractivity contribution < 1.29 is 21.2 Å². The van der Waals surface area contributed by atoms with Crippen LogP contribution in [0.25, 0.3) is 11.4 Å². The molecule has 208 valence electrons. The number of benzene rings is 2. The molecule has 0 spiro atoms. The minimum atomic E-state index is -3.52. The molecule has 0 amide bonds. The van der Waals surface area contributed by atoms with E-state index in [2.05, 4.69) is 10.2 Å². The summed E-state index contributed by atoms with van der Waals surface area (Å²) in [6.45, 7) is 5.77. The molecule has 0 saturated heterocycles. The Morgan fingerprint density at radius 1 is 0.897 bits per heavy atom. The second-order valence-electron chi connectivity index (χ2n) is 9.84. The van der Waals surface area contributed by atoms with Crippen LogP contribution in [0.2, 0.25) is 10.0 Å². The van der Waals surface area contributed by atoms with Gasteiger partial charge in [-0.15, -0.1) is 0 Å². The average Bonchev–Trinajstić information content (AvgIpc) is 3.50. The van der Waals surface area contributed by atoms with E-state index in [0.29, 0.717) is 22.0 Å². The molecule has 2 heterocycles. The quantitative estimate of drug-likeness (QED) is 0.250. The zero-order valence-corrected chi connectivity index (χ0v) is 25.0. The van der Waals surface area contributed by atoms with Crippen molar-refractivity contribution in [2.24, 2.45) is 0 Å². The van der Waals surface area contributed by atoms with Gasteiger partial charge in [-0.25, -0.2) is 30.6 Å². The van der Waals surface area contributed by atoms with Crippen molar-refractivity contribution in [1.29, 1.82) is 0 Å². The van der Waals surface area contributed by atoms with Gasteiger partial charge < -0.3 is 0 Å². The van der Waals surface area contributed by atoms with E-state index in [4.69, 9.17) is 23.2 Å². The molecule has 39 heavy (non-hydrogen) atoms.